The van der Waals surface area contributed by atoms with Gasteiger partial charge in [-0.2, -0.15) is 13.2 Å². The molecule has 0 radical (unpaired) electrons. The lowest BCUT2D eigenvalue weighted by molar-refractivity contribution is -0.0436. The minimum Gasteiger partial charge on any atom is -0.321 e. The fourth-order valence-electron chi connectivity index (χ4n) is 2.26. The highest BCUT2D eigenvalue weighted by Gasteiger charge is 2.46. The number of nitrogens with one attached hydrogen (secondary N) is 1. The maximum absolute atomic E-state index is 12.5. The Morgan fingerprint density at radius 3 is 2.31 bits per heavy atom. The van der Waals surface area contributed by atoms with Crippen LogP contribution in [0.5, 0.6) is 0 Å². The fraction of sp³-hybridized carbons (Fsp3) is 0.0588. The van der Waals surface area contributed by atoms with Crippen molar-refractivity contribution in [2.75, 3.05) is 5.32 Å². The highest BCUT2D eigenvalue weighted by molar-refractivity contribution is 7.92. The Bertz CT molecular complexity index is 1080. The predicted molar refractivity (Wildman–Crippen MR) is 89.4 cm³/mol. The summed E-state index contributed by atoms with van der Waals surface area (Å²) in [6.07, 6.45) is 1.45. The summed E-state index contributed by atoms with van der Waals surface area (Å²) in [5.41, 5.74) is -4.24. The van der Waals surface area contributed by atoms with Crippen molar-refractivity contribution in [1.82, 2.24) is 4.98 Å². The summed E-state index contributed by atoms with van der Waals surface area (Å²) >= 11 is 0. The first-order valence-electron chi connectivity index (χ1n) is 7.26. The third-order valence-corrected chi connectivity index (χ3v) is 5.08. The standard InChI is InChI=1S/C17H11F3N2O3S/c18-17(19,20)26(24,25)14-7-5-11(6-8-14)16(23)22-13-9-12-3-1-2-4-15(12)21-10-13/h1-10H,(H,22,23). The van der Waals surface area contributed by atoms with Crippen molar-refractivity contribution in [2.24, 2.45) is 0 Å². The number of hydrogen-bond acceptors (Lipinski definition) is 4. The molecule has 3 rings (SSSR count). The molecular weight excluding hydrogens is 369 g/mol. The SMILES string of the molecule is O=C(Nc1cnc2ccccc2c1)c1ccc(S(=O)(=O)C(F)(F)F)cc1. The molecule has 134 valence electrons. The molecule has 2 aromatic carbocycles. The van der Waals surface area contributed by atoms with Crippen LogP contribution in [0.15, 0.2) is 65.7 Å². The van der Waals surface area contributed by atoms with Crippen LogP contribution in [0.2, 0.25) is 0 Å². The summed E-state index contributed by atoms with van der Waals surface area (Å²) in [6.45, 7) is 0. The van der Waals surface area contributed by atoms with Crippen LogP contribution in [0.4, 0.5) is 18.9 Å². The van der Waals surface area contributed by atoms with Gasteiger partial charge >= 0.3 is 5.51 Å². The van der Waals surface area contributed by atoms with Crippen LogP contribution in [-0.4, -0.2) is 24.8 Å². The Balaban J connectivity index is 1.81. The number of sulfone groups is 1. The van der Waals surface area contributed by atoms with Crippen molar-refractivity contribution in [3.05, 3.63) is 66.4 Å². The topological polar surface area (TPSA) is 76.1 Å². The molecule has 26 heavy (non-hydrogen) atoms. The second kappa shape index (κ2) is 6.41. The van der Waals surface area contributed by atoms with E-state index in [4.69, 9.17) is 0 Å². The molecule has 0 spiro atoms. The molecule has 3 aromatic rings. The van der Waals surface area contributed by atoms with Gasteiger partial charge in [0.15, 0.2) is 0 Å². The van der Waals surface area contributed by atoms with Crippen LogP contribution in [0, 0.1) is 0 Å². The zero-order chi connectivity index (χ0) is 18.9. The Morgan fingerprint density at radius 1 is 1.00 bits per heavy atom. The summed E-state index contributed by atoms with van der Waals surface area (Å²) < 4.78 is 60.2. The van der Waals surface area contributed by atoms with Crippen molar-refractivity contribution in [2.45, 2.75) is 10.4 Å². The molecule has 0 aliphatic heterocycles. The number of hydrogen-bond donors (Lipinski definition) is 1. The molecular formula is C17H11F3N2O3S. The normalized spacial score (nSPS) is 12.1. The van der Waals surface area contributed by atoms with Crippen LogP contribution in [-0.2, 0) is 9.84 Å². The van der Waals surface area contributed by atoms with E-state index in [0.717, 1.165) is 35.2 Å². The van der Waals surface area contributed by atoms with Crippen molar-refractivity contribution in [3.63, 3.8) is 0 Å². The number of anilines is 1. The van der Waals surface area contributed by atoms with E-state index >= 15 is 0 Å². The van der Waals surface area contributed by atoms with Crippen LogP contribution < -0.4 is 5.32 Å². The van der Waals surface area contributed by atoms with Gasteiger partial charge in [0, 0.05) is 10.9 Å². The van der Waals surface area contributed by atoms with Gasteiger partial charge in [-0.1, -0.05) is 18.2 Å². The maximum atomic E-state index is 12.5. The quantitative estimate of drug-likeness (QED) is 0.750. The second-order valence-electron chi connectivity index (χ2n) is 5.34. The van der Waals surface area contributed by atoms with Gasteiger partial charge in [-0.3, -0.25) is 9.78 Å². The van der Waals surface area contributed by atoms with Gasteiger partial charge in [0.05, 0.1) is 22.3 Å². The Morgan fingerprint density at radius 2 is 1.65 bits per heavy atom. The number of benzene rings is 2. The molecule has 0 unspecified atom stereocenters. The molecule has 1 amide bonds. The molecule has 1 N–H and O–H groups in total. The van der Waals surface area contributed by atoms with Crippen molar-refractivity contribution >= 4 is 32.3 Å². The van der Waals surface area contributed by atoms with E-state index in [1.54, 1.807) is 12.1 Å². The minimum atomic E-state index is -5.44. The van der Waals surface area contributed by atoms with E-state index in [1.807, 2.05) is 18.2 Å². The lowest BCUT2D eigenvalue weighted by atomic mass is 10.2. The van der Waals surface area contributed by atoms with E-state index in [9.17, 15) is 26.4 Å². The molecule has 1 heterocycles. The lowest BCUT2D eigenvalue weighted by Crippen LogP contribution is -2.23. The van der Waals surface area contributed by atoms with Gasteiger partial charge in [0.1, 0.15) is 0 Å². The second-order valence-corrected chi connectivity index (χ2v) is 7.29. The number of rotatable bonds is 3. The first kappa shape index (κ1) is 17.9. The molecule has 0 aliphatic carbocycles. The number of alkyl halides is 3. The predicted octanol–water partition coefficient (Wildman–Crippen LogP) is 3.78. The van der Waals surface area contributed by atoms with Crippen molar-refractivity contribution < 1.29 is 26.4 Å². The van der Waals surface area contributed by atoms with E-state index < -0.39 is 26.1 Å². The van der Waals surface area contributed by atoms with Crippen LogP contribution in [0.1, 0.15) is 10.4 Å². The molecule has 9 heteroatoms. The molecule has 0 atom stereocenters. The monoisotopic (exact) mass is 380 g/mol. The Hall–Kier alpha value is -2.94. The van der Waals surface area contributed by atoms with Gasteiger partial charge in [-0.15, -0.1) is 0 Å². The summed E-state index contributed by atoms with van der Waals surface area (Å²) in [5.74, 6) is -0.599. The summed E-state index contributed by atoms with van der Waals surface area (Å²) in [6, 6.07) is 12.5. The number of nitrogens with zero attached hydrogens (tertiary/aromatic N) is 1. The Kier molecular flexibility index (Phi) is 4.41. The first-order valence-corrected chi connectivity index (χ1v) is 8.74. The molecule has 0 saturated heterocycles. The molecule has 0 saturated carbocycles. The third-order valence-electron chi connectivity index (χ3n) is 3.58. The first-order chi connectivity index (χ1) is 12.2. The molecule has 1 aromatic heterocycles. The number of aromatic nitrogens is 1. The van der Waals surface area contributed by atoms with Crippen LogP contribution in [0.3, 0.4) is 0 Å². The number of fused-ring (bicyclic) bond motifs is 1. The summed E-state index contributed by atoms with van der Waals surface area (Å²) in [5, 5.41) is 3.37. The highest BCUT2D eigenvalue weighted by atomic mass is 32.2. The molecule has 0 aliphatic rings. The molecule has 5 nitrogen and oxygen atoms in total. The average Bonchev–Trinajstić information content (AvgIpc) is 2.60. The number of halogens is 3. The largest absolute Gasteiger partial charge is 0.501 e. The van der Waals surface area contributed by atoms with Gasteiger partial charge in [-0.05, 0) is 36.4 Å². The summed E-state index contributed by atoms with van der Waals surface area (Å²) in [7, 11) is -5.44. The van der Waals surface area contributed by atoms with Crippen molar-refractivity contribution in [3.8, 4) is 0 Å². The van der Waals surface area contributed by atoms with E-state index in [1.165, 1.54) is 6.20 Å². The zero-order valence-electron chi connectivity index (χ0n) is 13.0. The molecule has 0 fully saturated rings. The fourth-order valence-corrected chi connectivity index (χ4v) is 3.02. The number of amides is 1. The van der Waals surface area contributed by atoms with Gasteiger partial charge in [0.2, 0.25) is 0 Å². The highest BCUT2D eigenvalue weighted by Crippen LogP contribution is 2.30. The number of pyridine rings is 1. The number of para-hydroxylation sites is 1. The van der Waals surface area contributed by atoms with Gasteiger partial charge in [-0.25, -0.2) is 8.42 Å². The van der Waals surface area contributed by atoms with Crippen LogP contribution >= 0.6 is 0 Å². The molecule has 0 bridgehead atoms. The van der Waals surface area contributed by atoms with Crippen LogP contribution in [0.25, 0.3) is 10.9 Å². The Labute approximate surface area is 146 Å². The van der Waals surface area contributed by atoms with Gasteiger partial charge < -0.3 is 5.32 Å². The van der Waals surface area contributed by atoms with E-state index in [2.05, 4.69) is 10.3 Å². The zero-order valence-corrected chi connectivity index (χ0v) is 13.8. The maximum Gasteiger partial charge on any atom is 0.501 e. The average molecular weight is 380 g/mol. The van der Waals surface area contributed by atoms with E-state index in [-0.39, 0.29) is 5.56 Å². The van der Waals surface area contributed by atoms with Crippen molar-refractivity contribution in [1.29, 1.82) is 0 Å². The smallest absolute Gasteiger partial charge is 0.321 e. The number of carbonyl (C=O) groups excluding carboxylic acids is 1. The van der Waals surface area contributed by atoms with E-state index in [0.29, 0.717) is 5.69 Å². The lowest BCUT2D eigenvalue weighted by Gasteiger charge is -2.09. The number of carbonyl (C=O) groups is 1. The minimum absolute atomic E-state index is 0.0132. The summed E-state index contributed by atoms with van der Waals surface area (Å²) in [4.78, 5) is 15.5. The third kappa shape index (κ3) is 3.38. The van der Waals surface area contributed by atoms with Gasteiger partial charge in [0.25, 0.3) is 15.7 Å².